The van der Waals surface area contributed by atoms with Crippen LogP contribution in [0.5, 0.6) is 0 Å². The Morgan fingerprint density at radius 3 is 1.57 bits per heavy atom. The molecule has 1 N–H and O–H groups in total. The second kappa shape index (κ2) is 10.0. The minimum absolute atomic E-state index is 0.00112. The van der Waals surface area contributed by atoms with Crippen LogP contribution in [0.4, 0.5) is 0 Å². The Morgan fingerprint density at radius 1 is 0.714 bits per heavy atom. The molecule has 0 saturated heterocycles. The van der Waals surface area contributed by atoms with Crippen molar-refractivity contribution < 1.29 is 4.74 Å². The maximum absolute atomic E-state index is 6.01. The highest BCUT2D eigenvalue weighted by atomic mass is 16.5. The molecule has 0 aliphatic carbocycles. The predicted octanol–water partition coefficient (Wildman–Crippen LogP) is 6.27. The van der Waals surface area contributed by atoms with E-state index in [1.165, 1.54) is 11.1 Å². The molecule has 1 unspecified atom stereocenters. The first-order valence-electron chi connectivity index (χ1n) is 9.80. The van der Waals surface area contributed by atoms with Crippen molar-refractivity contribution in [3.63, 3.8) is 0 Å². The molecule has 0 aliphatic rings. The standard InChI is InChI=1S/C26H29NO/c1-4-20(2)24(21-14-8-5-9-15-21)27-25(22-16-10-6-11-17-22)26(28-3)23-18-12-7-13-19-23/h4-20,24-27H,1H2,2-3H3/t20?,24-,25-,26+/m0/s1. The maximum Gasteiger partial charge on any atom is 0.102 e. The molecule has 0 aliphatic heterocycles. The van der Waals surface area contributed by atoms with Crippen molar-refractivity contribution in [2.24, 2.45) is 5.92 Å². The molecule has 3 aromatic rings. The molecule has 0 saturated carbocycles. The molecular formula is C26H29NO. The fourth-order valence-corrected chi connectivity index (χ4v) is 3.67. The lowest BCUT2D eigenvalue weighted by Gasteiger charge is -2.34. The summed E-state index contributed by atoms with van der Waals surface area (Å²) in [6.45, 7) is 6.24. The summed E-state index contributed by atoms with van der Waals surface area (Å²) >= 11 is 0. The van der Waals surface area contributed by atoms with Gasteiger partial charge in [-0.25, -0.2) is 0 Å². The van der Waals surface area contributed by atoms with Crippen molar-refractivity contribution in [3.05, 3.63) is 120 Å². The monoisotopic (exact) mass is 371 g/mol. The number of hydrogen-bond donors (Lipinski definition) is 1. The second-order valence-corrected chi connectivity index (χ2v) is 7.11. The molecule has 28 heavy (non-hydrogen) atoms. The highest BCUT2D eigenvalue weighted by Gasteiger charge is 2.29. The number of hydrogen-bond acceptors (Lipinski definition) is 2. The van der Waals surface area contributed by atoms with Crippen molar-refractivity contribution in [1.82, 2.24) is 5.32 Å². The van der Waals surface area contributed by atoms with E-state index in [0.717, 1.165) is 5.56 Å². The summed E-state index contributed by atoms with van der Waals surface area (Å²) in [5, 5.41) is 3.89. The zero-order valence-electron chi connectivity index (χ0n) is 16.7. The maximum atomic E-state index is 6.01. The molecule has 2 nitrogen and oxygen atoms in total. The molecule has 0 spiro atoms. The number of nitrogens with one attached hydrogen (secondary N) is 1. The smallest absolute Gasteiger partial charge is 0.102 e. The van der Waals surface area contributed by atoms with Gasteiger partial charge in [-0.05, 0) is 22.6 Å². The van der Waals surface area contributed by atoms with E-state index in [-0.39, 0.29) is 24.1 Å². The first-order chi connectivity index (χ1) is 13.7. The fourth-order valence-electron chi connectivity index (χ4n) is 3.67. The van der Waals surface area contributed by atoms with Gasteiger partial charge < -0.3 is 10.1 Å². The Hall–Kier alpha value is -2.68. The first kappa shape index (κ1) is 20.1. The van der Waals surface area contributed by atoms with Crippen LogP contribution >= 0.6 is 0 Å². The minimum atomic E-state index is -0.105. The summed E-state index contributed by atoms with van der Waals surface area (Å²) in [4.78, 5) is 0. The average molecular weight is 372 g/mol. The molecule has 0 bridgehead atoms. The van der Waals surface area contributed by atoms with Crippen LogP contribution in [-0.2, 0) is 4.74 Å². The van der Waals surface area contributed by atoms with Crippen LogP contribution < -0.4 is 5.32 Å². The van der Waals surface area contributed by atoms with E-state index in [0.29, 0.717) is 0 Å². The molecule has 0 amide bonds. The average Bonchev–Trinajstić information content (AvgIpc) is 2.78. The summed E-state index contributed by atoms with van der Waals surface area (Å²) < 4.78 is 6.01. The highest BCUT2D eigenvalue weighted by Crippen LogP contribution is 2.35. The van der Waals surface area contributed by atoms with E-state index in [4.69, 9.17) is 4.74 Å². The summed E-state index contributed by atoms with van der Waals surface area (Å²) in [5.74, 6) is 0.266. The highest BCUT2D eigenvalue weighted by molar-refractivity contribution is 5.28. The van der Waals surface area contributed by atoms with E-state index < -0.39 is 0 Å². The number of methoxy groups -OCH3 is 1. The number of ether oxygens (including phenoxy) is 1. The third kappa shape index (κ3) is 4.78. The van der Waals surface area contributed by atoms with Crippen LogP contribution in [-0.4, -0.2) is 7.11 Å². The van der Waals surface area contributed by atoms with E-state index >= 15 is 0 Å². The van der Waals surface area contributed by atoms with Crippen LogP contribution in [0.2, 0.25) is 0 Å². The van der Waals surface area contributed by atoms with Crippen LogP contribution in [0.3, 0.4) is 0 Å². The predicted molar refractivity (Wildman–Crippen MR) is 117 cm³/mol. The largest absolute Gasteiger partial charge is 0.375 e. The number of rotatable bonds is 9. The molecular weight excluding hydrogens is 342 g/mol. The van der Waals surface area contributed by atoms with Gasteiger partial charge in [0.1, 0.15) is 6.10 Å². The van der Waals surface area contributed by atoms with Gasteiger partial charge in [0, 0.05) is 13.2 Å². The quantitative estimate of drug-likeness (QED) is 0.448. The molecule has 144 valence electrons. The lowest BCUT2D eigenvalue weighted by molar-refractivity contribution is 0.0610. The van der Waals surface area contributed by atoms with Crippen molar-refractivity contribution in [1.29, 1.82) is 0 Å². The summed E-state index contributed by atoms with van der Waals surface area (Å²) in [6, 6.07) is 31.6. The Balaban J connectivity index is 2.01. The molecule has 3 aromatic carbocycles. The molecule has 2 heteroatoms. The Kier molecular flexibility index (Phi) is 7.18. The lowest BCUT2D eigenvalue weighted by Crippen LogP contribution is -2.34. The molecule has 0 fully saturated rings. The zero-order chi connectivity index (χ0) is 19.8. The third-order valence-corrected chi connectivity index (χ3v) is 5.26. The molecule has 0 radical (unpaired) electrons. The molecule has 0 heterocycles. The molecule has 0 aromatic heterocycles. The van der Waals surface area contributed by atoms with Crippen LogP contribution in [0, 0.1) is 5.92 Å². The summed E-state index contributed by atoms with van der Waals surface area (Å²) in [7, 11) is 1.78. The van der Waals surface area contributed by atoms with E-state index in [1.54, 1.807) is 7.11 Å². The van der Waals surface area contributed by atoms with E-state index in [2.05, 4.69) is 97.7 Å². The van der Waals surface area contributed by atoms with Gasteiger partial charge in [0.05, 0.1) is 6.04 Å². The number of benzene rings is 3. The summed E-state index contributed by atoms with van der Waals surface area (Å²) in [6.07, 6.45) is 1.91. The SMILES string of the molecule is C=CC(C)[C@H](N[C@@H](c1ccccc1)[C@H](OC)c1ccccc1)c1ccccc1. The Labute approximate surface area is 168 Å². The van der Waals surface area contributed by atoms with E-state index in [9.17, 15) is 0 Å². The normalized spacial score (nSPS) is 15.4. The van der Waals surface area contributed by atoms with Gasteiger partial charge in [-0.15, -0.1) is 6.58 Å². The second-order valence-electron chi connectivity index (χ2n) is 7.11. The van der Waals surface area contributed by atoms with Crippen LogP contribution in [0.1, 0.15) is 41.8 Å². The van der Waals surface area contributed by atoms with Gasteiger partial charge in [0.2, 0.25) is 0 Å². The van der Waals surface area contributed by atoms with Crippen LogP contribution in [0.15, 0.2) is 104 Å². The van der Waals surface area contributed by atoms with Crippen molar-refractivity contribution in [2.45, 2.75) is 25.1 Å². The molecule has 4 atom stereocenters. The van der Waals surface area contributed by atoms with Gasteiger partial charge in [-0.1, -0.05) is 104 Å². The van der Waals surface area contributed by atoms with Gasteiger partial charge in [-0.2, -0.15) is 0 Å². The van der Waals surface area contributed by atoms with Gasteiger partial charge in [0.15, 0.2) is 0 Å². The van der Waals surface area contributed by atoms with Crippen molar-refractivity contribution in [3.8, 4) is 0 Å². The fraction of sp³-hybridized carbons (Fsp3) is 0.231. The Morgan fingerprint density at radius 2 is 1.14 bits per heavy atom. The lowest BCUT2D eigenvalue weighted by atomic mass is 9.89. The topological polar surface area (TPSA) is 21.3 Å². The van der Waals surface area contributed by atoms with Crippen LogP contribution in [0.25, 0.3) is 0 Å². The van der Waals surface area contributed by atoms with Gasteiger partial charge in [0.25, 0.3) is 0 Å². The Bertz CT molecular complexity index is 832. The summed E-state index contributed by atoms with van der Waals surface area (Å²) in [5.41, 5.74) is 3.61. The van der Waals surface area contributed by atoms with Gasteiger partial charge in [-0.3, -0.25) is 0 Å². The zero-order valence-corrected chi connectivity index (χ0v) is 16.7. The van der Waals surface area contributed by atoms with Gasteiger partial charge >= 0.3 is 0 Å². The first-order valence-corrected chi connectivity index (χ1v) is 9.80. The molecule has 3 rings (SSSR count). The minimum Gasteiger partial charge on any atom is -0.375 e. The van der Waals surface area contributed by atoms with Crippen molar-refractivity contribution in [2.75, 3.05) is 7.11 Å². The van der Waals surface area contributed by atoms with E-state index in [1.807, 2.05) is 18.2 Å². The van der Waals surface area contributed by atoms with Crippen molar-refractivity contribution >= 4 is 0 Å². The third-order valence-electron chi connectivity index (χ3n) is 5.26.